The number of hydrogen-bond acceptors (Lipinski definition) is 3. The van der Waals surface area contributed by atoms with Crippen molar-refractivity contribution in [2.24, 2.45) is 0 Å². The predicted octanol–water partition coefficient (Wildman–Crippen LogP) is 2.63. The molecule has 0 radical (unpaired) electrons. The molecule has 1 heterocycles. The molecule has 4 nitrogen and oxygen atoms in total. The summed E-state index contributed by atoms with van der Waals surface area (Å²) in [6.45, 7) is 4.16. The maximum atomic E-state index is 5.80. The predicted molar refractivity (Wildman–Crippen MR) is 73.2 cm³/mol. The molecule has 1 aromatic heterocycles. The molecule has 0 fully saturated rings. The van der Waals surface area contributed by atoms with Gasteiger partial charge in [-0.2, -0.15) is 5.10 Å². The van der Waals surface area contributed by atoms with Crippen molar-refractivity contribution in [3.63, 3.8) is 0 Å². The number of methoxy groups -OCH3 is 1. The van der Waals surface area contributed by atoms with E-state index >= 15 is 0 Å². The molecule has 3 N–H and O–H groups in total. The monoisotopic (exact) mass is 245 g/mol. The molecule has 96 valence electrons. The van der Waals surface area contributed by atoms with Crippen molar-refractivity contribution in [1.29, 1.82) is 0 Å². The molecule has 0 aliphatic rings. The van der Waals surface area contributed by atoms with Crippen LogP contribution in [0.5, 0.6) is 0 Å². The Labute approximate surface area is 107 Å². The largest absolute Gasteiger partial charge is 0.384 e. The van der Waals surface area contributed by atoms with Gasteiger partial charge in [0.2, 0.25) is 0 Å². The van der Waals surface area contributed by atoms with Crippen molar-refractivity contribution in [3.8, 4) is 11.1 Å². The topological polar surface area (TPSA) is 63.9 Å². The van der Waals surface area contributed by atoms with Gasteiger partial charge in [-0.25, -0.2) is 0 Å². The van der Waals surface area contributed by atoms with Gasteiger partial charge >= 0.3 is 0 Å². The van der Waals surface area contributed by atoms with E-state index in [9.17, 15) is 0 Å². The van der Waals surface area contributed by atoms with Gasteiger partial charge in [0.05, 0.1) is 11.8 Å². The molecule has 0 bridgehead atoms. The average Bonchev–Trinajstić information content (AvgIpc) is 2.76. The fourth-order valence-electron chi connectivity index (χ4n) is 1.89. The Morgan fingerprint density at radius 2 is 1.94 bits per heavy atom. The third-order valence-electron chi connectivity index (χ3n) is 3.12. The van der Waals surface area contributed by atoms with Crippen LogP contribution in [-0.4, -0.2) is 22.9 Å². The van der Waals surface area contributed by atoms with Crippen LogP contribution in [0.1, 0.15) is 19.4 Å². The quantitative estimate of drug-likeness (QED) is 0.870. The van der Waals surface area contributed by atoms with Crippen LogP contribution in [0.3, 0.4) is 0 Å². The zero-order valence-corrected chi connectivity index (χ0v) is 11.0. The standard InChI is InChI=1S/C14H19N3O/c1-14(2,18-3)8-10-4-6-11(7-5-10)12-9-16-17-13(12)15/h4-7,9H,8H2,1-3H3,(H3,15,16,17). The summed E-state index contributed by atoms with van der Waals surface area (Å²) in [5.74, 6) is 0.597. The van der Waals surface area contributed by atoms with Crippen molar-refractivity contribution in [1.82, 2.24) is 10.2 Å². The Bertz CT molecular complexity index is 514. The highest BCUT2D eigenvalue weighted by molar-refractivity contribution is 5.72. The van der Waals surface area contributed by atoms with Gasteiger partial charge in [0, 0.05) is 19.1 Å². The summed E-state index contributed by atoms with van der Waals surface area (Å²) in [6.07, 6.45) is 2.62. The lowest BCUT2D eigenvalue weighted by Gasteiger charge is -2.22. The molecule has 0 amide bonds. The van der Waals surface area contributed by atoms with Crippen LogP contribution in [0.2, 0.25) is 0 Å². The molecular weight excluding hydrogens is 226 g/mol. The molecule has 0 saturated heterocycles. The second kappa shape index (κ2) is 4.82. The highest BCUT2D eigenvalue weighted by Gasteiger charge is 2.16. The van der Waals surface area contributed by atoms with Gasteiger partial charge in [0.25, 0.3) is 0 Å². The van der Waals surface area contributed by atoms with Crippen LogP contribution in [-0.2, 0) is 11.2 Å². The minimum Gasteiger partial charge on any atom is -0.384 e. The van der Waals surface area contributed by atoms with E-state index in [1.54, 1.807) is 13.3 Å². The highest BCUT2D eigenvalue weighted by atomic mass is 16.5. The second-order valence-corrected chi connectivity index (χ2v) is 5.03. The first-order chi connectivity index (χ1) is 8.52. The molecule has 0 aliphatic carbocycles. The van der Waals surface area contributed by atoms with E-state index in [1.165, 1.54) is 5.56 Å². The number of aromatic amines is 1. The van der Waals surface area contributed by atoms with Gasteiger partial charge in [-0.05, 0) is 25.0 Å². The van der Waals surface area contributed by atoms with Crippen molar-refractivity contribution in [2.45, 2.75) is 25.9 Å². The molecule has 0 saturated carbocycles. The minimum atomic E-state index is -0.143. The maximum absolute atomic E-state index is 5.80. The van der Waals surface area contributed by atoms with E-state index in [0.29, 0.717) is 5.82 Å². The van der Waals surface area contributed by atoms with E-state index in [2.05, 4.69) is 48.3 Å². The summed E-state index contributed by atoms with van der Waals surface area (Å²) >= 11 is 0. The number of nitrogens with one attached hydrogen (secondary N) is 1. The van der Waals surface area contributed by atoms with Crippen molar-refractivity contribution >= 4 is 5.82 Å². The number of ether oxygens (including phenoxy) is 1. The van der Waals surface area contributed by atoms with Gasteiger partial charge < -0.3 is 10.5 Å². The lowest BCUT2D eigenvalue weighted by molar-refractivity contribution is 0.0232. The summed E-state index contributed by atoms with van der Waals surface area (Å²) in [7, 11) is 1.74. The third kappa shape index (κ3) is 2.71. The lowest BCUT2D eigenvalue weighted by atomic mass is 9.97. The number of nitrogens with zero attached hydrogens (tertiary/aromatic N) is 1. The molecule has 0 aliphatic heterocycles. The lowest BCUT2D eigenvalue weighted by Crippen LogP contribution is -2.25. The first-order valence-electron chi connectivity index (χ1n) is 5.95. The van der Waals surface area contributed by atoms with Crippen LogP contribution in [0.25, 0.3) is 11.1 Å². The van der Waals surface area contributed by atoms with Crippen LogP contribution in [0.15, 0.2) is 30.5 Å². The fraction of sp³-hybridized carbons (Fsp3) is 0.357. The summed E-state index contributed by atoms with van der Waals surface area (Å²) in [5, 5.41) is 6.66. The normalized spacial score (nSPS) is 11.7. The first kappa shape index (κ1) is 12.6. The molecule has 2 aromatic rings. The fourth-order valence-corrected chi connectivity index (χ4v) is 1.89. The molecular formula is C14H19N3O. The van der Waals surface area contributed by atoms with E-state index in [1.807, 2.05) is 0 Å². The van der Waals surface area contributed by atoms with Crippen molar-refractivity contribution < 1.29 is 4.74 Å². The molecule has 0 atom stereocenters. The van der Waals surface area contributed by atoms with E-state index < -0.39 is 0 Å². The van der Waals surface area contributed by atoms with E-state index in [-0.39, 0.29) is 5.60 Å². The number of benzene rings is 1. The average molecular weight is 245 g/mol. The summed E-state index contributed by atoms with van der Waals surface area (Å²) in [6, 6.07) is 8.32. The number of anilines is 1. The van der Waals surface area contributed by atoms with Gasteiger partial charge in [0.1, 0.15) is 5.82 Å². The Hall–Kier alpha value is -1.81. The molecule has 2 rings (SSSR count). The van der Waals surface area contributed by atoms with Crippen molar-refractivity contribution in [2.75, 3.05) is 12.8 Å². The minimum absolute atomic E-state index is 0.143. The Kier molecular flexibility index (Phi) is 3.39. The number of rotatable bonds is 4. The Morgan fingerprint density at radius 1 is 1.28 bits per heavy atom. The molecule has 18 heavy (non-hydrogen) atoms. The number of H-pyrrole nitrogens is 1. The smallest absolute Gasteiger partial charge is 0.126 e. The number of nitrogens with two attached hydrogens (primary N) is 1. The Morgan fingerprint density at radius 3 is 2.44 bits per heavy atom. The summed E-state index contributed by atoms with van der Waals surface area (Å²) in [5.41, 5.74) is 8.90. The Balaban J connectivity index is 2.18. The highest BCUT2D eigenvalue weighted by Crippen LogP contribution is 2.25. The van der Waals surface area contributed by atoms with Crippen molar-refractivity contribution in [3.05, 3.63) is 36.0 Å². The first-order valence-corrected chi connectivity index (χ1v) is 5.95. The number of nitrogen functional groups attached to an aromatic ring is 1. The van der Waals surface area contributed by atoms with Gasteiger partial charge in [-0.1, -0.05) is 24.3 Å². The summed E-state index contributed by atoms with van der Waals surface area (Å²) in [4.78, 5) is 0. The zero-order chi connectivity index (χ0) is 13.2. The van der Waals surface area contributed by atoms with Gasteiger partial charge in [0.15, 0.2) is 0 Å². The SMILES string of the molecule is COC(C)(C)Cc1ccc(-c2cn[nH]c2N)cc1. The third-order valence-corrected chi connectivity index (χ3v) is 3.12. The molecule has 4 heteroatoms. The molecule has 1 aromatic carbocycles. The summed E-state index contributed by atoms with van der Waals surface area (Å²) < 4.78 is 5.43. The van der Waals surface area contributed by atoms with Crippen LogP contribution in [0, 0.1) is 0 Å². The molecule has 0 spiro atoms. The van der Waals surface area contributed by atoms with Gasteiger partial charge in [-0.3, -0.25) is 5.10 Å². The van der Waals surface area contributed by atoms with Crippen LogP contribution < -0.4 is 5.73 Å². The van der Waals surface area contributed by atoms with Crippen LogP contribution in [0.4, 0.5) is 5.82 Å². The van der Waals surface area contributed by atoms with Crippen LogP contribution >= 0.6 is 0 Å². The van der Waals surface area contributed by atoms with Gasteiger partial charge in [-0.15, -0.1) is 0 Å². The second-order valence-electron chi connectivity index (χ2n) is 5.03. The maximum Gasteiger partial charge on any atom is 0.126 e. The number of aromatic nitrogens is 2. The van der Waals surface area contributed by atoms with E-state index in [0.717, 1.165) is 17.5 Å². The van der Waals surface area contributed by atoms with E-state index in [4.69, 9.17) is 10.5 Å². The molecule has 0 unspecified atom stereocenters. The zero-order valence-electron chi connectivity index (χ0n) is 11.0. The number of hydrogen-bond donors (Lipinski definition) is 2.